The van der Waals surface area contributed by atoms with Crippen molar-refractivity contribution in [2.24, 2.45) is 4.99 Å². The summed E-state index contributed by atoms with van der Waals surface area (Å²) in [7, 11) is 4.97. The highest BCUT2D eigenvalue weighted by atomic mass is 127. The van der Waals surface area contributed by atoms with Gasteiger partial charge in [0, 0.05) is 19.0 Å². The van der Waals surface area contributed by atoms with Crippen LogP contribution in [0, 0.1) is 0 Å². The number of aliphatic imine (C=N–C) groups is 1. The van der Waals surface area contributed by atoms with Crippen LogP contribution in [0.1, 0.15) is 30.9 Å². The third kappa shape index (κ3) is 7.30. The van der Waals surface area contributed by atoms with Crippen molar-refractivity contribution in [3.05, 3.63) is 53.6 Å². The van der Waals surface area contributed by atoms with Gasteiger partial charge in [-0.15, -0.1) is 24.0 Å². The van der Waals surface area contributed by atoms with Gasteiger partial charge in [0.15, 0.2) is 17.5 Å². The highest BCUT2D eigenvalue weighted by Crippen LogP contribution is 2.28. The van der Waals surface area contributed by atoms with E-state index < -0.39 is 0 Å². The number of ether oxygens (including phenoxy) is 3. The molecule has 0 saturated carbocycles. The normalized spacial score (nSPS) is 11.8. The van der Waals surface area contributed by atoms with E-state index in [-0.39, 0.29) is 29.9 Å². The molecule has 0 aliphatic heterocycles. The van der Waals surface area contributed by atoms with Crippen LogP contribution >= 0.6 is 24.0 Å². The fourth-order valence-electron chi connectivity index (χ4n) is 2.92. The number of nitrogens with zero attached hydrogens (tertiary/aromatic N) is 1. The predicted octanol–water partition coefficient (Wildman–Crippen LogP) is 4.19. The maximum atomic E-state index is 5.47. The number of hydrogen-bond donors (Lipinski definition) is 2. The van der Waals surface area contributed by atoms with Gasteiger partial charge in [0.05, 0.1) is 27.9 Å². The van der Waals surface area contributed by atoms with Crippen LogP contribution in [0.4, 0.5) is 0 Å². The Hall–Kier alpha value is -2.16. The Morgan fingerprint density at radius 2 is 1.62 bits per heavy atom. The van der Waals surface area contributed by atoms with Crippen LogP contribution < -0.4 is 24.8 Å². The second-order valence-electron chi connectivity index (χ2n) is 6.41. The molecule has 2 aromatic rings. The molecule has 0 bridgehead atoms. The van der Waals surface area contributed by atoms with Gasteiger partial charge in [-0.3, -0.25) is 0 Å². The summed E-state index contributed by atoms with van der Waals surface area (Å²) in [6, 6.07) is 13.9. The molecule has 160 valence electrons. The number of methoxy groups -OCH3 is 3. The first-order valence-corrected chi connectivity index (χ1v) is 9.48. The molecule has 2 aromatic carbocycles. The van der Waals surface area contributed by atoms with Gasteiger partial charge in [-0.05, 0) is 36.2 Å². The molecular formula is C22H32IN3O3. The molecule has 0 saturated heterocycles. The molecule has 0 spiro atoms. The number of halogens is 1. The summed E-state index contributed by atoms with van der Waals surface area (Å²) in [5.74, 6) is 3.38. The highest BCUT2D eigenvalue weighted by molar-refractivity contribution is 14.0. The Balaban J connectivity index is 0.00000420. The molecule has 0 fully saturated rings. The molecule has 6 nitrogen and oxygen atoms in total. The molecule has 0 radical (unpaired) electrons. The molecule has 2 N–H and O–H groups in total. The van der Waals surface area contributed by atoms with Gasteiger partial charge in [-0.2, -0.15) is 0 Å². The average Bonchev–Trinajstić information content (AvgIpc) is 2.75. The van der Waals surface area contributed by atoms with Crippen molar-refractivity contribution < 1.29 is 14.2 Å². The third-order valence-corrected chi connectivity index (χ3v) is 4.46. The molecule has 2 rings (SSSR count). The van der Waals surface area contributed by atoms with Crippen molar-refractivity contribution in [3.63, 3.8) is 0 Å². The Morgan fingerprint density at radius 3 is 2.28 bits per heavy atom. The summed E-state index contributed by atoms with van der Waals surface area (Å²) in [5.41, 5.74) is 2.22. The molecule has 0 aromatic heterocycles. The predicted molar refractivity (Wildman–Crippen MR) is 129 cm³/mol. The molecule has 7 heteroatoms. The lowest BCUT2D eigenvalue weighted by Gasteiger charge is -2.18. The van der Waals surface area contributed by atoms with E-state index in [4.69, 9.17) is 14.2 Å². The van der Waals surface area contributed by atoms with Crippen LogP contribution in [-0.4, -0.2) is 40.4 Å². The first kappa shape index (κ1) is 24.9. The van der Waals surface area contributed by atoms with Gasteiger partial charge < -0.3 is 24.8 Å². The van der Waals surface area contributed by atoms with Crippen molar-refractivity contribution in [1.82, 2.24) is 10.6 Å². The Bertz CT molecular complexity index is 784. The number of para-hydroxylation sites is 1. The molecule has 1 unspecified atom stereocenters. The lowest BCUT2D eigenvalue weighted by atomic mass is 10.0. The van der Waals surface area contributed by atoms with Crippen LogP contribution in [-0.2, 0) is 6.54 Å². The molecule has 29 heavy (non-hydrogen) atoms. The van der Waals surface area contributed by atoms with Gasteiger partial charge in [-0.25, -0.2) is 4.99 Å². The van der Waals surface area contributed by atoms with E-state index in [0.717, 1.165) is 30.4 Å². The van der Waals surface area contributed by atoms with Gasteiger partial charge in [0.1, 0.15) is 5.75 Å². The zero-order valence-electron chi connectivity index (χ0n) is 17.8. The Labute approximate surface area is 191 Å². The SMILES string of the molecule is CCNC(=NCc1ccc(OC)c(OC)c1)NCC(C)c1ccccc1OC.I. The Kier molecular flexibility index (Phi) is 11.3. The monoisotopic (exact) mass is 513 g/mol. The van der Waals surface area contributed by atoms with Crippen molar-refractivity contribution in [3.8, 4) is 17.2 Å². The molecule has 1 atom stereocenters. The van der Waals surface area contributed by atoms with E-state index in [9.17, 15) is 0 Å². The first-order chi connectivity index (χ1) is 13.6. The van der Waals surface area contributed by atoms with Gasteiger partial charge in [0.2, 0.25) is 0 Å². The standard InChI is InChI=1S/C22H31N3O3.HI/c1-6-23-22(24-14-16(2)18-9-7-8-10-19(18)26-3)25-15-17-11-12-20(27-4)21(13-17)28-5;/h7-13,16H,6,14-15H2,1-5H3,(H2,23,24,25);1H. The maximum absolute atomic E-state index is 5.47. The zero-order chi connectivity index (χ0) is 20.4. The largest absolute Gasteiger partial charge is 0.496 e. The van der Waals surface area contributed by atoms with Crippen LogP contribution in [0.3, 0.4) is 0 Å². The molecule has 0 heterocycles. The lowest BCUT2D eigenvalue weighted by Crippen LogP contribution is -2.39. The van der Waals surface area contributed by atoms with Crippen LogP contribution in [0.2, 0.25) is 0 Å². The summed E-state index contributed by atoms with van der Waals surface area (Å²) in [6.45, 7) is 6.30. The lowest BCUT2D eigenvalue weighted by molar-refractivity contribution is 0.354. The summed E-state index contributed by atoms with van der Waals surface area (Å²) < 4.78 is 16.1. The molecule has 0 aliphatic carbocycles. The summed E-state index contributed by atoms with van der Waals surface area (Å²) >= 11 is 0. The molecule has 0 amide bonds. The average molecular weight is 513 g/mol. The zero-order valence-corrected chi connectivity index (χ0v) is 20.2. The minimum Gasteiger partial charge on any atom is -0.496 e. The second-order valence-corrected chi connectivity index (χ2v) is 6.41. The fourth-order valence-corrected chi connectivity index (χ4v) is 2.92. The minimum atomic E-state index is 0. The second kappa shape index (κ2) is 13.1. The molecule has 0 aliphatic rings. The summed E-state index contributed by atoms with van der Waals surface area (Å²) in [4.78, 5) is 4.69. The third-order valence-electron chi connectivity index (χ3n) is 4.46. The number of nitrogens with one attached hydrogen (secondary N) is 2. The number of benzene rings is 2. The van der Waals surface area contributed by atoms with Crippen molar-refractivity contribution in [2.45, 2.75) is 26.3 Å². The maximum Gasteiger partial charge on any atom is 0.191 e. The van der Waals surface area contributed by atoms with Crippen LogP contribution in [0.5, 0.6) is 17.2 Å². The van der Waals surface area contributed by atoms with E-state index in [0.29, 0.717) is 18.0 Å². The van der Waals surface area contributed by atoms with Gasteiger partial charge in [0.25, 0.3) is 0 Å². The van der Waals surface area contributed by atoms with E-state index in [1.807, 2.05) is 36.4 Å². The van der Waals surface area contributed by atoms with E-state index in [2.05, 4.69) is 35.5 Å². The van der Waals surface area contributed by atoms with Crippen molar-refractivity contribution in [1.29, 1.82) is 0 Å². The summed E-state index contributed by atoms with van der Waals surface area (Å²) in [6.07, 6.45) is 0. The topological polar surface area (TPSA) is 64.1 Å². The number of guanidine groups is 1. The molecular weight excluding hydrogens is 481 g/mol. The Morgan fingerprint density at radius 1 is 0.931 bits per heavy atom. The van der Waals surface area contributed by atoms with Gasteiger partial charge >= 0.3 is 0 Å². The fraction of sp³-hybridized carbons (Fsp3) is 0.409. The van der Waals surface area contributed by atoms with Crippen molar-refractivity contribution >= 4 is 29.9 Å². The van der Waals surface area contributed by atoms with E-state index in [1.165, 1.54) is 5.56 Å². The van der Waals surface area contributed by atoms with Gasteiger partial charge in [-0.1, -0.05) is 31.2 Å². The first-order valence-electron chi connectivity index (χ1n) is 9.48. The minimum absolute atomic E-state index is 0. The van der Waals surface area contributed by atoms with Crippen LogP contribution in [0.25, 0.3) is 0 Å². The highest BCUT2D eigenvalue weighted by Gasteiger charge is 2.11. The smallest absolute Gasteiger partial charge is 0.191 e. The quantitative estimate of drug-likeness (QED) is 0.299. The number of hydrogen-bond acceptors (Lipinski definition) is 4. The summed E-state index contributed by atoms with van der Waals surface area (Å²) in [5, 5.41) is 6.71. The van der Waals surface area contributed by atoms with Crippen LogP contribution in [0.15, 0.2) is 47.5 Å². The van der Waals surface area contributed by atoms with E-state index in [1.54, 1.807) is 21.3 Å². The van der Waals surface area contributed by atoms with E-state index >= 15 is 0 Å². The van der Waals surface area contributed by atoms with Crippen molar-refractivity contribution in [2.75, 3.05) is 34.4 Å². The number of rotatable bonds is 9.